The van der Waals surface area contributed by atoms with Crippen molar-refractivity contribution >= 4 is 15.9 Å². The molecule has 3 nitrogen and oxygen atoms in total. The van der Waals surface area contributed by atoms with E-state index >= 15 is 0 Å². The summed E-state index contributed by atoms with van der Waals surface area (Å²) in [4.78, 5) is 4.29. The molecule has 1 aromatic rings. The monoisotopic (exact) mass is 287 g/mol. The van der Waals surface area contributed by atoms with Crippen LogP contribution in [0.2, 0.25) is 0 Å². The molecule has 1 aromatic heterocycles. The van der Waals surface area contributed by atoms with Gasteiger partial charge in [0.15, 0.2) is 0 Å². The first kappa shape index (κ1) is 13.7. The second-order valence-electron chi connectivity index (χ2n) is 4.06. The van der Waals surface area contributed by atoms with Crippen molar-refractivity contribution in [2.45, 2.75) is 32.1 Å². The third kappa shape index (κ3) is 5.66. The molecule has 0 spiro atoms. The molecular weight excluding hydrogens is 266 g/mol. The van der Waals surface area contributed by atoms with Crippen LogP contribution in [-0.4, -0.2) is 28.0 Å². The third-order valence-corrected chi connectivity index (χ3v) is 3.24. The van der Waals surface area contributed by atoms with Gasteiger partial charge in [-0.2, -0.15) is 0 Å². The summed E-state index contributed by atoms with van der Waals surface area (Å²) < 4.78 is 2.08. The molecule has 0 aromatic carbocycles. The van der Waals surface area contributed by atoms with Crippen LogP contribution in [0.3, 0.4) is 0 Å². The van der Waals surface area contributed by atoms with Gasteiger partial charge in [0.25, 0.3) is 0 Å². The number of aromatic nitrogens is 2. The van der Waals surface area contributed by atoms with Crippen LogP contribution >= 0.6 is 15.9 Å². The van der Waals surface area contributed by atoms with Gasteiger partial charge in [-0.3, -0.25) is 0 Å². The molecule has 16 heavy (non-hydrogen) atoms. The predicted octanol–water partition coefficient (Wildman–Crippen LogP) is 2.51. The second-order valence-corrected chi connectivity index (χ2v) is 4.85. The first-order chi connectivity index (χ1) is 7.84. The van der Waals surface area contributed by atoms with Crippen LogP contribution in [0.4, 0.5) is 0 Å². The Morgan fingerprint density at radius 2 is 2.06 bits per heavy atom. The number of imidazole rings is 1. The van der Waals surface area contributed by atoms with Gasteiger partial charge < -0.3 is 9.88 Å². The second kappa shape index (κ2) is 8.76. The molecule has 1 heterocycles. The quantitative estimate of drug-likeness (QED) is 0.559. The molecule has 0 radical (unpaired) electrons. The zero-order valence-electron chi connectivity index (χ0n) is 10.1. The Kier molecular flexibility index (Phi) is 7.51. The van der Waals surface area contributed by atoms with E-state index in [1.54, 1.807) is 0 Å². The zero-order chi connectivity index (χ0) is 11.6. The fourth-order valence-corrected chi connectivity index (χ4v) is 2.06. The van der Waals surface area contributed by atoms with Gasteiger partial charge in [0.05, 0.1) is 0 Å². The predicted molar refractivity (Wildman–Crippen MR) is 72.0 cm³/mol. The van der Waals surface area contributed by atoms with Crippen LogP contribution in [0.15, 0.2) is 12.4 Å². The van der Waals surface area contributed by atoms with Crippen LogP contribution in [-0.2, 0) is 13.5 Å². The Bertz CT molecular complexity index is 273. The maximum atomic E-state index is 4.29. The molecule has 0 aliphatic carbocycles. The van der Waals surface area contributed by atoms with Gasteiger partial charge in [-0.05, 0) is 19.4 Å². The Hall–Kier alpha value is -0.350. The van der Waals surface area contributed by atoms with Crippen molar-refractivity contribution < 1.29 is 0 Å². The minimum absolute atomic E-state index is 1.02. The van der Waals surface area contributed by atoms with Gasteiger partial charge in [0.2, 0.25) is 0 Å². The molecule has 1 N–H and O–H groups in total. The molecule has 4 heteroatoms. The van der Waals surface area contributed by atoms with Crippen molar-refractivity contribution in [1.82, 2.24) is 14.9 Å². The summed E-state index contributed by atoms with van der Waals surface area (Å²) in [6.45, 7) is 2.16. The maximum absolute atomic E-state index is 4.29. The highest BCUT2D eigenvalue weighted by Gasteiger charge is 1.97. The third-order valence-electron chi connectivity index (χ3n) is 2.68. The average Bonchev–Trinajstić information content (AvgIpc) is 2.68. The lowest BCUT2D eigenvalue weighted by atomic mass is 10.2. The van der Waals surface area contributed by atoms with Crippen molar-refractivity contribution in [3.63, 3.8) is 0 Å². The average molecular weight is 288 g/mol. The molecule has 0 fully saturated rings. The Morgan fingerprint density at radius 3 is 2.75 bits per heavy atom. The van der Waals surface area contributed by atoms with E-state index in [0.29, 0.717) is 0 Å². The fraction of sp³-hybridized carbons (Fsp3) is 0.750. The first-order valence-electron chi connectivity index (χ1n) is 6.07. The zero-order valence-corrected chi connectivity index (χ0v) is 11.7. The first-order valence-corrected chi connectivity index (χ1v) is 7.19. The highest BCUT2D eigenvalue weighted by molar-refractivity contribution is 9.09. The number of rotatable bonds is 9. The highest BCUT2D eigenvalue weighted by atomic mass is 79.9. The Morgan fingerprint density at radius 1 is 1.25 bits per heavy atom. The Balaban J connectivity index is 1.91. The highest BCUT2D eigenvalue weighted by Crippen LogP contribution is 2.01. The fourth-order valence-electron chi connectivity index (χ4n) is 1.66. The van der Waals surface area contributed by atoms with Crippen LogP contribution in [0.1, 0.15) is 31.5 Å². The van der Waals surface area contributed by atoms with E-state index in [1.807, 2.05) is 19.4 Å². The summed E-state index contributed by atoms with van der Waals surface area (Å²) >= 11 is 3.45. The van der Waals surface area contributed by atoms with Gasteiger partial charge >= 0.3 is 0 Å². The topological polar surface area (TPSA) is 29.9 Å². The molecule has 0 aliphatic rings. The molecule has 0 atom stereocenters. The van der Waals surface area contributed by atoms with Gasteiger partial charge in [-0.25, -0.2) is 4.98 Å². The lowest BCUT2D eigenvalue weighted by Crippen LogP contribution is -2.19. The minimum atomic E-state index is 1.02. The maximum Gasteiger partial charge on any atom is 0.109 e. The van der Waals surface area contributed by atoms with Crippen molar-refractivity contribution in [2.75, 3.05) is 18.4 Å². The molecule has 92 valence electrons. The van der Waals surface area contributed by atoms with E-state index in [2.05, 4.69) is 30.8 Å². The number of hydrogen-bond donors (Lipinski definition) is 1. The number of unbranched alkanes of at least 4 members (excludes halogenated alkanes) is 3. The van der Waals surface area contributed by atoms with E-state index in [9.17, 15) is 0 Å². The lowest BCUT2D eigenvalue weighted by molar-refractivity contribution is 0.591. The van der Waals surface area contributed by atoms with Crippen LogP contribution in [0, 0.1) is 0 Å². The van der Waals surface area contributed by atoms with Crippen molar-refractivity contribution in [3.05, 3.63) is 18.2 Å². The smallest absolute Gasteiger partial charge is 0.109 e. The molecule has 0 unspecified atom stereocenters. The number of alkyl halides is 1. The largest absolute Gasteiger partial charge is 0.338 e. The molecule has 0 saturated heterocycles. The normalized spacial score (nSPS) is 10.9. The molecule has 0 amide bonds. The summed E-state index contributed by atoms with van der Waals surface area (Å²) in [5.74, 6) is 1.16. The standard InChI is InChI=1S/C12H22BrN3/c1-16-11-10-15-12(16)6-9-14-8-5-3-2-4-7-13/h10-11,14H,2-9H2,1H3. The van der Waals surface area contributed by atoms with E-state index < -0.39 is 0 Å². The van der Waals surface area contributed by atoms with Crippen LogP contribution in [0.5, 0.6) is 0 Å². The number of aryl methyl sites for hydroxylation is 1. The Labute approximate surface area is 107 Å². The number of nitrogens with zero attached hydrogens (tertiary/aromatic N) is 2. The molecule has 0 bridgehead atoms. The summed E-state index contributed by atoms with van der Waals surface area (Å²) in [5.41, 5.74) is 0. The van der Waals surface area contributed by atoms with Crippen LogP contribution in [0.25, 0.3) is 0 Å². The summed E-state index contributed by atoms with van der Waals surface area (Å²) in [6.07, 6.45) is 10.1. The van der Waals surface area contributed by atoms with Crippen molar-refractivity contribution in [1.29, 1.82) is 0 Å². The van der Waals surface area contributed by atoms with Crippen LogP contribution < -0.4 is 5.32 Å². The van der Waals surface area contributed by atoms with Crippen molar-refractivity contribution in [3.8, 4) is 0 Å². The number of nitrogens with one attached hydrogen (secondary N) is 1. The molecule has 1 rings (SSSR count). The van der Waals surface area contributed by atoms with Gasteiger partial charge in [-0.15, -0.1) is 0 Å². The summed E-state index contributed by atoms with van der Waals surface area (Å²) in [5, 5.41) is 4.60. The van der Waals surface area contributed by atoms with Gasteiger partial charge in [-0.1, -0.05) is 28.8 Å². The molecule has 0 saturated carbocycles. The van der Waals surface area contributed by atoms with E-state index in [0.717, 1.165) is 30.7 Å². The number of halogens is 1. The summed E-state index contributed by atoms with van der Waals surface area (Å²) in [7, 11) is 2.04. The lowest BCUT2D eigenvalue weighted by Gasteiger charge is -2.04. The minimum Gasteiger partial charge on any atom is -0.338 e. The van der Waals surface area contributed by atoms with E-state index in [1.165, 1.54) is 25.7 Å². The number of hydrogen-bond acceptors (Lipinski definition) is 2. The molecular formula is C12H22BrN3. The van der Waals surface area contributed by atoms with E-state index in [-0.39, 0.29) is 0 Å². The van der Waals surface area contributed by atoms with E-state index in [4.69, 9.17) is 0 Å². The molecule has 0 aliphatic heterocycles. The van der Waals surface area contributed by atoms with Gasteiger partial charge in [0.1, 0.15) is 5.82 Å². The SMILES string of the molecule is Cn1ccnc1CCNCCCCCCBr. The van der Waals surface area contributed by atoms with Crippen molar-refractivity contribution in [2.24, 2.45) is 7.05 Å². The van der Waals surface area contributed by atoms with Gasteiger partial charge in [0, 0.05) is 37.7 Å². The summed E-state index contributed by atoms with van der Waals surface area (Å²) in [6, 6.07) is 0.